The first-order chi connectivity index (χ1) is 10.8. The number of hydrogen-bond acceptors (Lipinski definition) is 4. The van der Waals surface area contributed by atoms with Crippen molar-refractivity contribution in [3.05, 3.63) is 23.8 Å². The molecule has 1 aromatic heterocycles. The smallest absolute Gasteiger partial charge is 0.369 e. The van der Waals surface area contributed by atoms with E-state index in [9.17, 15) is 18.0 Å². The molecule has 128 valence electrons. The van der Waals surface area contributed by atoms with Gasteiger partial charge in [0.05, 0.1) is 0 Å². The third kappa shape index (κ3) is 4.40. The summed E-state index contributed by atoms with van der Waals surface area (Å²) in [4.78, 5) is 21.4. The van der Waals surface area contributed by atoms with Crippen molar-refractivity contribution in [3.63, 3.8) is 0 Å². The quantitative estimate of drug-likeness (QED) is 0.851. The Balaban J connectivity index is 1.98. The standard InChI is InChI=1S/C15H20F3N3O2/c1-3-23-10(2)14(22)21-8-5-11(6-9-21)13-19-7-4-12(20-13)15(16,17)18/h4,7,10-11H,3,5-6,8-9H2,1-2H3/t10-/m1/s1. The summed E-state index contributed by atoms with van der Waals surface area (Å²) >= 11 is 0. The molecule has 1 amide bonds. The fourth-order valence-corrected chi connectivity index (χ4v) is 2.66. The number of aromatic nitrogens is 2. The fraction of sp³-hybridized carbons (Fsp3) is 0.667. The molecule has 1 saturated heterocycles. The van der Waals surface area contributed by atoms with E-state index in [2.05, 4.69) is 9.97 Å². The number of halogens is 3. The van der Waals surface area contributed by atoms with E-state index in [-0.39, 0.29) is 17.6 Å². The Labute approximate surface area is 132 Å². The van der Waals surface area contributed by atoms with Crippen molar-refractivity contribution in [2.75, 3.05) is 19.7 Å². The van der Waals surface area contributed by atoms with Crippen LogP contribution in [0.3, 0.4) is 0 Å². The van der Waals surface area contributed by atoms with E-state index < -0.39 is 18.0 Å². The molecule has 8 heteroatoms. The molecule has 5 nitrogen and oxygen atoms in total. The summed E-state index contributed by atoms with van der Waals surface area (Å²) in [6.07, 6.45) is -2.74. The van der Waals surface area contributed by atoms with E-state index >= 15 is 0 Å². The normalized spacial score (nSPS) is 18.0. The summed E-state index contributed by atoms with van der Waals surface area (Å²) in [5, 5.41) is 0. The molecule has 0 radical (unpaired) electrons. The van der Waals surface area contributed by atoms with E-state index in [1.165, 1.54) is 0 Å². The van der Waals surface area contributed by atoms with Crippen LogP contribution in [-0.2, 0) is 15.7 Å². The third-order valence-electron chi connectivity index (χ3n) is 3.90. The molecule has 0 N–H and O–H groups in total. The molecule has 0 saturated carbocycles. The second-order valence-electron chi connectivity index (χ2n) is 5.49. The minimum atomic E-state index is -4.47. The van der Waals surface area contributed by atoms with Gasteiger partial charge in [-0.05, 0) is 32.8 Å². The lowest BCUT2D eigenvalue weighted by Crippen LogP contribution is -2.43. The molecule has 0 unspecified atom stereocenters. The van der Waals surface area contributed by atoms with E-state index in [1.807, 2.05) is 6.92 Å². The van der Waals surface area contributed by atoms with Crippen LogP contribution >= 0.6 is 0 Å². The molecular formula is C15H20F3N3O2. The molecule has 1 aromatic rings. The van der Waals surface area contributed by atoms with Crippen molar-refractivity contribution in [1.29, 1.82) is 0 Å². The van der Waals surface area contributed by atoms with Crippen LogP contribution < -0.4 is 0 Å². The highest BCUT2D eigenvalue weighted by atomic mass is 19.4. The molecule has 0 bridgehead atoms. The van der Waals surface area contributed by atoms with Gasteiger partial charge >= 0.3 is 6.18 Å². The van der Waals surface area contributed by atoms with Crippen LogP contribution in [-0.4, -0.2) is 46.6 Å². The third-order valence-corrected chi connectivity index (χ3v) is 3.90. The second kappa shape index (κ2) is 7.25. The summed E-state index contributed by atoms with van der Waals surface area (Å²) in [6.45, 7) is 4.93. The number of ether oxygens (including phenoxy) is 1. The lowest BCUT2D eigenvalue weighted by Gasteiger charge is -2.32. The van der Waals surface area contributed by atoms with Crippen LogP contribution in [0.25, 0.3) is 0 Å². The van der Waals surface area contributed by atoms with Crippen LogP contribution in [0, 0.1) is 0 Å². The van der Waals surface area contributed by atoms with Crippen molar-refractivity contribution in [2.45, 2.75) is 44.9 Å². The zero-order chi connectivity index (χ0) is 17.0. The first-order valence-corrected chi connectivity index (χ1v) is 7.63. The maximum absolute atomic E-state index is 12.7. The molecule has 1 aliphatic heterocycles. The number of nitrogens with zero attached hydrogens (tertiary/aromatic N) is 3. The highest BCUT2D eigenvalue weighted by Crippen LogP contribution is 2.30. The molecule has 1 aliphatic rings. The van der Waals surface area contributed by atoms with Gasteiger partial charge in [-0.2, -0.15) is 13.2 Å². The number of likely N-dealkylation sites (tertiary alicyclic amines) is 1. The van der Waals surface area contributed by atoms with Gasteiger partial charge in [0.2, 0.25) is 0 Å². The lowest BCUT2D eigenvalue weighted by atomic mass is 9.95. The predicted octanol–water partition coefficient (Wildman–Crippen LogP) is 2.63. The lowest BCUT2D eigenvalue weighted by molar-refractivity contribution is -0.143. The van der Waals surface area contributed by atoms with Crippen LogP contribution in [0.4, 0.5) is 13.2 Å². The van der Waals surface area contributed by atoms with E-state index in [4.69, 9.17) is 4.74 Å². The minimum Gasteiger partial charge on any atom is -0.369 e. The van der Waals surface area contributed by atoms with E-state index in [1.54, 1.807) is 11.8 Å². The van der Waals surface area contributed by atoms with E-state index in [0.717, 1.165) is 12.3 Å². The monoisotopic (exact) mass is 331 g/mol. The Morgan fingerprint density at radius 1 is 1.43 bits per heavy atom. The number of carbonyl (C=O) groups excluding carboxylic acids is 1. The van der Waals surface area contributed by atoms with Crippen LogP contribution in [0.5, 0.6) is 0 Å². The number of alkyl halides is 3. The van der Waals surface area contributed by atoms with E-state index in [0.29, 0.717) is 32.5 Å². The predicted molar refractivity (Wildman–Crippen MR) is 76.7 cm³/mol. The summed E-state index contributed by atoms with van der Waals surface area (Å²) in [6, 6.07) is 0.867. The maximum Gasteiger partial charge on any atom is 0.433 e. The van der Waals surface area contributed by atoms with Crippen LogP contribution in [0.2, 0.25) is 0 Å². The first kappa shape index (κ1) is 17.7. The Morgan fingerprint density at radius 2 is 2.09 bits per heavy atom. The van der Waals surface area contributed by atoms with Crippen molar-refractivity contribution in [2.24, 2.45) is 0 Å². The SMILES string of the molecule is CCO[C@H](C)C(=O)N1CCC(c2nccc(C(F)(F)F)n2)CC1. The Morgan fingerprint density at radius 3 is 2.65 bits per heavy atom. The molecule has 2 rings (SSSR count). The van der Waals surface area contributed by atoms with Gasteiger partial charge < -0.3 is 9.64 Å². The number of hydrogen-bond donors (Lipinski definition) is 0. The van der Waals surface area contributed by atoms with Gasteiger partial charge in [0.1, 0.15) is 17.6 Å². The second-order valence-corrected chi connectivity index (χ2v) is 5.49. The van der Waals surface area contributed by atoms with Gasteiger partial charge in [0, 0.05) is 31.8 Å². The molecule has 23 heavy (non-hydrogen) atoms. The summed E-state index contributed by atoms with van der Waals surface area (Å²) in [5.41, 5.74) is -0.925. The molecule has 0 aromatic carbocycles. The minimum absolute atomic E-state index is 0.0877. The van der Waals surface area contributed by atoms with Gasteiger partial charge in [0.15, 0.2) is 0 Å². The first-order valence-electron chi connectivity index (χ1n) is 7.63. The molecular weight excluding hydrogens is 311 g/mol. The molecule has 1 atom stereocenters. The molecule has 2 heterocycles. The topological polar surface area (TPSA) is 55.3 Å². The number of rotatable bonds is 4. The number of carbonyl (C=O) groups is 1. The maximum atomic E-state index is 12.7. The van der Waals surface area contributed by atoms with Crippen molar-refractivity contribution >= 4 is 5.91 Å². The van der Waals surface area contributed by atoms with Crippen LogP contribution in [0.15, 0.2) is 12.3 Å². The Kier molecular flexibility index (Phi) is 5.56. The highest BCUT2D eigenvalue weighted by Gasteiger charge is 2.34. The van der Waals surface area contributed by atoms with Crippen molar-refractivity contribution in [1.82, 2.24) is 14.9 Å². The van der Waals surface area contributed by atoms with Crippen LogP contribution in [0.1, 0.15) is 44.1 Å². The summed E-state index contributed by atoms with van der Waals surface area (Å²) in [5.74, 6) is -0.0520. The summed E-state index contributed by atoms with van der Waals surface area (Å²) in [7, 11) is 0. The highest BCUT2D eigenvalue weighted by molar-refractivity contribution is 5.80. The van der Waals surface area contributed by atoms with Crippen molar-refractivity contribution < 1.29 is 22.7 Å². The van der Waals surface area contributed by atoms with Gasteiger partial charge in [-0.25, -0.2) is 9.97 Å². The number of piperidine rings is 1. The zero-order valence-corrected chi connectivity index (χ0v) is 13.1. The molecule has 1 fully saturated rings. The average molecular weight is 331 g/mol. The Bertz CT molecular complexity index is 543. The molecule has 0 aliphatic carbocycles. The van der Waals surface area contributed by atoms with Gasteiger partial charge in [0.25, 0.3) is 5.91 Å². The zero-order valence-electron chi connectivity index (χ0n) is 13.1. The van der Waals surface area contributed by atoms with Gasteiger partial charge in [-0.15, -0.1) is 0 Å². The van der Waals surface area contributed by atoms with Gasteiger partial charge in [-0.1, -0.05) is 0 Å². The Hall–Kier alpha value is -1.70. The fourth-order valence-electron chi connectivity index (χ4n) is 2.66. The largest absolute Gasteiger partial charge is 0.433 e. The van der Waals surface area contributed by atoms with Gasteiger partial charge in [-0.3, -0.25) is 4.79 Å². The summed E-state index contributed by atoms with van der Waals surface area (Å²) < 4.78 is 43.4. The van der Waals surface area contributed by atoms with Crippen molar-refractivity contribution in [3.8, 4) is 0 Å². The average Bonchev–Trinajstić information content (AvgIpc) is 2.54. The molecule has 0 spiro atoms. The number of amides is 1.